The molecule has 0 rings (SSSR count). The van der Waals surface area contributed by atoms with Crippen LogP contribution < -0.4 is 5.32 Å². The second-order valence-electron chi connectivity index (χ2n) is 4.95. The molecule has 0 aromatic rings. The van der Waals surface area contributed by atoms with E-state index in [1.807, 2.05) is 14.0 Å². The quantitative estimate of drug-likeness (QED) is 0.698. The Morgan fingerprint density at radius 1 is 1.47 bits per heavy atom. The van der Waals surface area contributed by atoms with Crippen molar-refractivity contribution >= 4 is 0 Å². The van der Waals surface area contributed by atoms with Crippen LogP contribution in [0.3, 0.4) is 0 Å². The Morgan fingerprint density at radius 2 is 2.07 bits per heavy atom. The Hall–Kier alpha value is -0.590. The molecule has 88 valence electrons. The van der Waals surface area contributed by atoms with Crippen LogP contribution in [0.5, 0.6) is 0 Å². The van der Waals surface area contributed by atoms with Gasteiger partial charge in [0.2, 0.25) is 0 Å². The molecular formula is C12H25N3. The predicted molar refractivity (Wildman–Crippen MR) is 64.6 cm³/mol. The van der Waals surface area contributed by atoms with Crippen LogP contribution >= 0.6 is 0 Å². The maximum Gasteiger partial charge on any atom is 0.103 e. The number of nitriles is 1. The van der Waals surface area contributed by atoms with Crippen LogP contribution in [0.2, 0.25) is 0 Å². The van der Waals surface area contributed by atoms with Crippen molar-refractivity contribution < 1.29 is 0 Å². The third kappa shape index (κ3) is 6.48. The average molecular weight is 211 g/mol. The van der Waals surface area contributed by atoms with E-state index in [0.29, 0.717) is 5.92 Å². The Morgan fingerprint density at radius 3 is 2.47 bits per heavy atom. The average Bonchev–Trinajstić information content (AvgIpc) is 2.16. The molecule has 0 heterocycles. The minimum absolute atomic E-state index is 0.362. The van der Waals surface area contributed by atoms with Gasteiger partial charge in [0.1, 0.15) is 5.54 Å². The summed E-state index contributed by atoms with van der Waals surface area (Å²) in [6, 6.07) is 2.31. The second kappa shape index (κ2) is 6.81. The molecule has 0 aromatic carbocycles. The van der Waals surface area contributed by atoms with Crippen LogP contribution in [0.25, 0.3) is 0 Å². The summed E-state index contributed by atoms with van der Waals surface area (Å²) in [5.41, 5.74) is -0.362. The van der Waals surface area contributed by atoms with Crippen LogP contribution in [0.1, 0.15) is 33.6 Å². The van der Waals surface area contributed by atoms with Crippen molar-refractivity contribution in [3.63, 3.8) is 0 Å². The maximum atomic E-state index is 8.97. The number of rotatable bonds is 7. The molecule has 0 amide bonds. The van der Waals surface area contributed by atoms with E-state index >= 15 is 0 Å². The number of nitrogens with zero attached hydrogens (tertiary/aromatic N) is 2. The number of nitrogens with one attached hydrogen (secondary N) is 1. The summed E-state index contributed by atoms with van der Waals surface area (Å²) in [5, 5.41) is 12.0. The first kappa shape index (κ1) is 14.4. The van der Waals surface area contributed by atoms with Gasteiger partial charge in [-0.2, -0.15) is 5.26 Å². The lowest BCUT2D eigenvalue weighted by Crippen LogP contribution is -2.38. The monoisotopic (exact) mass is 211 g/mol. The lowest BCUT2D eigenvalue weighted by molar-refractivity contribution is 0.279. The molecular weight excluding hydrogens is 186 g/mol. The highest BCUT2D eigenvalue weighted by molar-refractivity contribution is 5.02. The van der Waals surface area contributed by atoms with Crippen molar-refractivity contribution in [2.24, 2.45) is 5.92 Å². The lowest BCUT2D eigenvalue weighted by atomic mass is 9.98. The normalized spacial score (nSPS) is 15.3. The van der Waals surface area contributed by atoms with Gasteiger partial charge < -0.3 is 10.2 Å². The van der Waals surface area contributed by atoms with Gasteiger partial charge in [0, 0.05) is 6.54 Å². The number of hydrogen-bond donors (Lipinski definition) is 1. The smallest absolute Gasteiger partial charge is 0.103 e. The second-order valence-corrected chi connectivity index (χ2v) is 4.95. The summed E-state index contributed by atoms with van der Waals surface area (Å²) >= 11 is 0. The first-order valence-corrected chi connectivity index (χ1v) is 5.72. The van der Waals surface area contributed by atoms with E-state index in [1.54, 1.807) is 0 Å². The minimum atomic E-state index is -0.362. The topological polar surface area (TPSA) is 39.1 Å². The maximum absolute atomic E-state index is 8.97. The van der Waals surface area contributed by atoms with Crippen LogP contribution in [-0.4, -0.2) is 37.6 Å². The van der Waals surface area contributed by atoms with E-state index in [-0.39, 0.29) is 5.54 Å². The first-order valence-electron chi connectivity index (χ1n) is 5.72. The van der Waals surface area contributed by atoms with Crippen molar-refractivity contribution in [3.8, 4) is 6.07 Å². The standard InChI is InChI=1S/C12H25N3/c1-11(2)9-15(5)8-6-7-12(3,10-13)14-4/h11,14H,6-9H2,1-5H3. The van der Waals surface area contributed by atoms with Gasteiger partial charge in [-0.05, 0) is 46.3 Å². The molecule has 3 heteroatoms. The van der Waals surface area contributed by atoms with E-state index in [2.05, 4.69) is 37.2 Å². The zero-order valence-electron chi connectivity index (χ0n) is 10.8. The van der Waals surface area contributed by atoms with Crippen molar-refractivity contribution in [3.05, 3.63) is 0 Å². The van der Waals surface area contributed by atoms with Crippen LogP contribution in [0.4, 0.5) is 0 Å². The van der Waals surface area contributed by atoms with Gasteiger partial charge in [-0.25, -0.2) is 0 Å². The Balaban J connectivity index is 3.74. The van der Waals surface area contributed by atoms with Gasteiger partial charge in [-0.1, -0.05) is 13.8 Å². The molecule has 0 saturated carbocycles. The van der Waals surface area contributed by atoms with Crippen molar-refractivity contribution in [2.45, 2.75) is 39.2 Å². The van der Waals surface area contributed by atoms with Crippen molar-refractivity contribution in [2.75, 3.05) is 27.2 Å². The molecule has 0 aromatic heterocycles. The molecule has 0 spiro atoms. The molecule has 0 aliphatic rings. The molecule has 1 unspecified atom stereocenters. The summed E-state index contributed by atoms with van der Waals surface area (Å²) in [4.78, 5) is 2.33. The van der Waals surface area contributed by atoms with Crippen molar-refractivity contribution in [1.82, 2.24) is 10.2 Å². The SMILES string of the molecule is CNC(C)(C#N)CCCN(C)CC(C)C. The fraction of sp³-hybridized carbons (Fsp3) is 0.917. The zero-order valence-corrected chi connectivity index (χ0v) is 10.8. The Bertz CT molecular complexity index is 207. The molecule has 0 aliphatic carbocycles. The van der Waals surface area contributed by atoms with E-state index < -0.39 is 0 Å². The van der Waals surface area contributed by atoms with Gasteiger partial charge >= 0.3 is 0 Å². The van der Waals surface area contributed by atoms with Gasteiger partial charge in [0.15, 0.2) is 0 Å². The lowest BCUT2D eigenvalue weighted by Gasteiger charge is -2.23. The fourth-order valence-electron chi connectivity index (χ4n) is 1.65. The first-order chi connectivity index (χ1) is 6.93. The van der Waals surface area contributed by atoms with Gasteiger partial charge in [-0.3, -0.25) is 0 Å². The van der Waals surface area contributed by atoms with Crippen LogP contribution in [0, 0.1) is 17.2 Å². The molecule has 0 aliphatic heterocycles. The Kier molecular flexibility index (Phi) is 6.55. The molecule has 0 radical (unpaired) electrons. The summed E-state index contributed by atoms with van der Waals surface area (Å²) in [6.07, 6.45) is 1.97. The molecule has 0 saturated heterocycles. The summed E-state index contributed by atoms with van der Waals surface area (Å²) in [6.45, 7) is 8.60. The number of hydrogen-bond acceptors (Lipinski definition) is 3. The van der Waals surface area contributed by atoms with E-state index in [4.69, 9.17) is 5.26 Å². The van der Waals surface area contributed by atoms with Crippen LogP contribution in [-0.2, 0) is 0 Å². The van der Waals surface area contributed by atoms with Gasteiger partial charge in [0.05, 0.1) is 6.07 Å². The third-order valence-corrected chi connectivity index (χ3v) is 2.69. The molecule has 0 bridgehead atoms. The largest absolute Gasteiger partial charge is 0.306 e. The predicted octanol–water partition coefficient (Wildman–Crippen LogP) is 1.86. The van der Waals surface area contributed by atoms with E-state index in [9.17, 15) is 0 Å². The van der Waals surface area contributed by atoms with Crippen molar-refractivity contribution in [1.29, 1.82) is 5.26 Å². The van der Waals surface area contributed by atoms with E-state index in [1.165, 1.54) is 0 Å². The zero-order chi connectivity index (χ0) is 11.9. The highest BCUT2D eigenvalue weighted by atomic mass is 15.1. The molecule has 1 atom stereocenters. The summed E-state index contributed by atoms with van der Waals surface area (Å²) in [5.74, 6) is 0.710. The summed E-state index contributed by atoms with van der Waals surface area (Å²) in [7, 11) is 3.99. The molecule has 0 fully saturated rings. The highest BCUT2D eigenvalue weighted by Gasteiger charge is 2.20. The highest BCUT2D eigenvalue weighted by Crippen LogP contribution is 2.10. The molecule has 1 N–H and O–H groups in total. The Labute approximate surface area is 94.5 Å². The fourth-order valence-corrected chi connectivity index (χ4v) is 1.65. The van der Waals surface area contributed by atoms with Gasteiger partial charge in [0.25, 0.3) is 0 Å². The third-order valence-electron chi connectivity index (χ3n) is 2.69. The molecule has 3 nitrogen and oxygen atoms in total. The van der Waals surface area contributed by atoms with E-state index in [0.717, 1.165) is 25.9 Å². The van der Waals surface area contributed by atoms with Gasteiger partial charge in [-0.15, -0.1) is 0 Å². The summed E-state index contributed by atoms with van der Waals surface area (Å²) < 4.78 is 0. The molecule has 15 heavy (non-hydrogen) atoms. The van der Waals surface area contributed by atoms with Crippen LogP contribution in [0.15, 0.2) is 0 Å². The minimum Gasteiger partial charge on any atom is -0.306 e.